The Morgan fingerprint density at radius 1 is 1.56 bits per heavy atom. The summed E-state index contributed by atoms with van der Waals surface area (Å²) in [5.74, 6) is 0.108. The molecule has 1 aromatic rings. The first kappa shape index (κ1) is 14.7. The third kappa shape index (κ3) is 4.46. The maximum atomic E-state index is 11.8. The molecule has 0 radical (unpaired) electrons. The summed E-state index contributed by atoms with van der Waals surface area (Å²) >= 11 is 5.78. The molecule has 1 unspecified atom stereocenters. The van der Waals surface area contributed by atoms with Crippen molar-refractivity contribution in [3.63, 3.8) is 0 Å². The number of nitrogens with zero attached hydrogens (tertiary/aromatic N) is 2. The van der Waals surface area contributed by atoms with Crippen LogP contribution in [0.25, 0.3) is 0 Å². The Morgan fingerprint density at radius 2 is 2.28 bits per heavy atom. The van der Waals surface area contributed by atoms with Gasteiger partial charge < -0.3 is 10.1 Å². The average Bonchev–Trinajstić information content (AvgIpc) is 2.34. The lowest BCUT2D eigenvalue weighted by Gasteiger charge is -2.11. The maximum Gasteiger partial charge on any atom is 0.234 e. The van der Waals surface area contributed by atoms with E-state index in [1.165, 1.54) is 13.2 Å². The number of carbonyl (C=O) groups is 1. The SMILES string of the molecule is CCNCC(C)C(=O)Nc1nc(Cl)cc(OC)n1. The number of hydrogen-bond acceptors (Lipinski definition) is 5. The van der Waals surface area contributed by atoms with Gasteiger partial charge in [-0.15, -0.1) is 0 Å². The van der Waals surface area contributed by atoms with Crippen molar-refractivity contribution in [1.82, 2.24) is 15.3 Å². The molecule has 18 heavy (non-hydrogen) atoms. The van der Waals surface area contributed by atoms with Gasteiger partial charge in [0.25, 0.3) is 0 Å². The van der Waals surface area contributed by atoms with Crippen molar-refractivity contribution in [2.24, 2.45) is 5.92 Å². The van der Waals surface area contributed by atoms with E-state index in [9.17, 15) is 4.79 Å². The number of anilines is 1. The minimum atomic E-state index is -0.182. The number of carbonyl (C=O) groups excluding carboxylic acids is 1. The standard InChI is InChI=1S/C11H17ClN4O2/c1-4-13-6-7(2)10(17)16-11-14-8(12)5-9(15-11)18-3/h5,7,13H,4,6H2,1-3H3,(H,14,15,16,17). The molecule has 0 saturated carbocycles. The Hall–Kier alpha value is -1.40. The van der Waals surface area contributed by atoms with Crippen LogP contribution in [0.5, 0.6) is 5.88 Å². The molecule has 6 nitrogen and oxygen atoms in total. The summed E-state index contributed by atoms with van der Waals surface area (Å²) in [4.78, 5) is 19.7. The molecule has 1 aromatic heterocycles. The Kier molecular flexibility index (Phi) is 5.80. The van der Waals surface area contributed by atoms with Crippen LogP contribution >= 0.6 is 11.6 Å². The molecule has 0 fully saturated rings. The fourth-order valence-electron chi connectivity index (χ4n) is 1.24. The highest BCUT2D eigenvalue weighted by Gasteiger charge is 2.14. The molecular weight excluding hydrogens is 256 g/mol. The fourth-order valence-corrected chi connectivity index (χ4v) is 1.42. The molecule has 1 rings (SSSR count). The molecule has 0 aliphatic heterocycles. The molecule has 0 aromatic carbocycles. The zero-order valence-corrected chi connectivity index (χ0v) is 11.4. The van der Waals surface area contributed by atoms with E-state index in [0.717, 1.165) is 6.54 Å². The molecule has 0 bridgehead atoms. The molecule has 7 heteroatoms. The number of rotatable bonds is 6. The van der Waals surface area contributed by atoms with E-state index in [0.29, 0.717) is 12.4 Å². The predicted molar refractivity (Wildman–Crippen MR) is 69.9 cm³/mol. The van der Waals surface area contributed by atoms with Crippen molar-refractivity contribution in [2.45, 2.75) is 13.8 Å². The maximum absolute atomic E-state index is 11.8. The summed E-state index contributed by atoms with van der Waals surface area (Å²) in [6, 6.07) is 1.47. The van der Waals surface area contributed by atoms with Crippen molar-refractivity contribution in [2.75, 3.05) is 25.5 Å². The van der Waals surface area contributed by atoms with Crippen molar-refractivity contribution in [3.05, 3.63) is 11.2 Å². The molecule has 0 saturated heterocycles. The second kappa shape index (κ2) is 7.13. The van der Waals surface area contributed by atoms with Gasteiger partial charge in [0, 0.05) is 18.5 Å². The number of ether oxygens (including phenoxy) is 1. The zero-order valence-electron chi connectivity index (χ0n) is 10.7. The van der Waals surface area contributed by atoms with Gasteiger partial charge in [0.05, 0.1) is 7.11 Å². The molecule has 2 N–H and O–H groups in total. The number of nitrogens with one attached hydrogen (secondary N) is 2. The van der Waals surface area contributed by atoms with Crippen molar-refractivity contribution in [1.29, 1.82) is 0 Å². The fraction of sp³-hybridized carbons (Fsp3) is 0.545. The summed E-state index contributed by atoms with van der Waals surface area (Å²) in [5, 5.41) is 5.92. The van der Waals surface area contributed by atoms with Crippen LogP contribution in [0.4, 0.5) is 5.95 Å². The van der Waals surface area contributed by atoms with E-state index >= 15 is 0 Å². The number of hydrogen-bond donors (Lipinski definition) is 2. The van der Waals surface area contributed by atoms with Crippen LogP contribution < -0.4 is 15.4 Å². The zero-order chi connectivity index (χ0) is 13.5. The lowest BCUT2D eigenvalue weighted by molar-refractivity contribution is -0.119. The van der Waals surface area contributed by atoms with Gasteiger partial charge in [-0.05, 0) is 6.54 Å². The summed E-state index contributed by atoms with van der Waals surface area (Å²) < 4.78 is 4.94. The average molecular weight is 273 g/mol. The summed E-state index contributed by atoms with van der Waals surface area (Å²) in [6.45, 7) is 5.22. The van der Waals surface area contributed by atoms with Crippen LogP contribution in [-0.4, -0.2) is 36.1 Å². The number of methoxy groups -OCH3 is 1. The van der Waals surface area contributed by atoms with Crippen LogP contribution in [0.3, 0.4) is 0 Å². The van der Waals surface area contributed by atoms with Gasteiger partial charge in [-0.2, -0.15) is 4.98 Å². The molecule has 1 heterocycles. The highest BCUT2D eigenvalue weighted by molar-refractivity contribution is 6.29. The molecule has 0 aliphatic rings. The van der Waals surface area contributed by atoms with Gasteiger partial charge in [0.1, 0.15) is 5.15 Å². The number of amides is 1. The summed E-state index contributed by atoms with van der Waals surface area (Å²) in [5.41, 5.74) is 0. The normalized spacial score (nSPS) is 12.0. The lowest BCUT2D eigenvalue weighted by Crippen LogP contribution is -2.30. The van der Waals surface area contributed by atoms with Crippen LogP contribution in [0.1, 0.15) is 13.8 Å². The molecule has 1 atom stereocenters. The number of halogens is 1. The molecule has 100 valence electrons. The van der Waals surface area contributed by atoms with Gasteiger partial charge in [0.2, 0.25) is 17.7 Å². The number of aromatic nitrogens is 2. The van der Waals surface area contributed by atoms with Crippen LogP contribution in [0.15, 0.2) is 6.07 Å². The summed E-state index contributed by atoms with van der Waals surface area (Å²) in [7, 11) is 1.47. The Morgan fingerprint density at radius 3 is 2.89 bits per heavy atom. The minimum absolute atomic E-state index is 0.146. The van der Waals surface area contributed by atoms with Crippen molar-refractivity contribution in [3.8, 4) is 5.88 Å². The highest BCUT2D eigenvalue weighted by atomic mass is 35.5. The molecule has 1 amide bonds. The molecular formula is C11H17ClN4O2. The largest absolute Gasteiger partial charge is 0.481 e. The van der Waals surface area contributed by atoms with E-state index in [4.69, 9.17) is 16.3 Å². The lowest BCUT2D eigenvalue weighted by atomic mass is 10.1. The van der Waals surface area contributed by atoms with Crippen LogP contribution in [0.2, 0.25) is 5.15 Å². The second-order valence-corrected chi connectivity index (χ2v) is 4.14. The Bertz CT molecular complexity index is 414. The topological polar surface area (TPSA) is 76.1 Å². The monoisotopic (exact) mass is 272 g/mol. The van der Waals surface area contributed by atoms with Crippen molar-refractivity contribution >= 4 is 23.5 Å². The highest BCUT2D eigenvalue weighted by Crippen LogP contribution is 2.16. The predicted octanol–water partition coefficient (Wildman–Crippen LogP) is 1.32. The Labute approximate surface area is 111 Å². The van der Waals surface area contributed by atoms with Gasteiger partial charge in [-0.25, -0.2) is 4.98 Å². The first-order valence-corrected chi connectivity index (χ1v) is 6.04. The van der Waals surface area contributed by atoms with E-state index in [1.54, 1.807) is 0 Å². The van der Waals surface area contributed by atoms with E-state index in [2.05, 4.69) is 20.6 Å². The Balaban J connectivity index is 2.66. The van der Waals surface area contributed by atoms with Gasteiger partial charge >= 0.3 is 0 Å². The van der Waals surface area contributed by atoms with Crippen molar-refractivity contribution < 1.29 is 9.53 Å². The minimum Gasteiger partial charge on any atom is -0.481 e. The van der Waals surface area contributed by atoms with Gasteiger partial charge in [-0.1, -0.05) is 25.4 Å². The van der Waals surface area contributed by atoms with Crippen LogP contribution in [-0.2, 0) is 4.79 Å². The second-order valence-electron chi connectivity index (χ2n) is 3.75. The van der Waals surface area contributed by atoms with E-state index in [-0.39, 0.29) is 22.9 Å². The first-order chi connectivity index (χ1) is 8.56. The molecule has 0 aliphatic carbocycles. The molecule has 0 spiro atoms. The van der Waals surface area contributed by atoms with Crippen LogP contribution in [0, 0.1) is 5.92 Å². The first-order valence-electron chi connectivity index (χ1n) is 5.67. The smallest absolute Gasteiger partial charge is 0.234 e. The van der Waals surface area contributed by atoms with Gasteiger partial charge in [-0.3, -0.25) is 10.1 Å². The third-order valence-electron chi connectivity index (χ3n) is 2.26. The third-order valence-corrected chi connectivity index (χ3v) is 2.46. The summed E-state index contributed by atoms with van der Waals surface area (Å²) in [6.07, 6.45) is 0. The van der Waals surface area contributed by atoms with E-state index < -0.39 is 0 Å². The van der Waals surface area contributed by atoms with Gasteiger partial charge in [0.15, 0.2) is 0 Å². The quantitative estimate of drug-likeness (QED) is 0.764. The van der Waals surface area contributed by atoms with E-state index in [1.807, 2.05) is 13.8 Å².